The Labute approximate surface area is 115 Å². The van der Waals surface area contributed by atoms with Crippen molar-refractivity contribution in [1.82, 2.24) is 4.90 Å². The molecule has 0 aromatic heterocycles. The van der Waals surface area contributed by atoms with Gasteiger partial charge < -0.3 is 19.1 Å². The number of likely N-dealkylation sites (tertiary alicyclic amines) is 1. The molecular formula is C14H25NO4. The lowest BCUT2D eigenvalue weighted by molar-refractivity contribution is -0.190. The van der Waals surface area contributed by atoms with Crippen molar-refractivity contribution in [1.29, 1.82) is 0 Å². The summed E-state index contributed by atoms with van der Waals surface area (Å²) in [5.74, 6) is 0.501. The van der Waals surface area contributed by atoms with Gasteiger partial charge in [0.25, 0.3) is 5.91 Å². The summed E-state index contributed by atoms with van der Waals surface area (Å²) in [7, 11) is 3.13. The summed E-state index contributed by atoms with van der Waals surface area (Å²) in [6, 6.07) is -0.0526. The van der Waals surface area contributed by atoms with Gasteiger partial charge in [-0.2, -0.15) is 0 Å². The van der Waals surface area contributed by atoms with Crippen LogP contribution in [0.25, 0.3) is 0 Å². The summed E-state index contributed by atoms with van der Waals surface area (Å²) in [4.78, 5) is 13.5. The lowest BCUT2D eigenvalue weighted by atomic mass is 9.95. The maximum absolute atomic E-state index is 11.9. The molecule has 0 radical (unpaired) electrons. The molecule has 1 amide bonds. The van der Waals surface area contributed by atoms with E-state index in [4.69, 9.17) is 14.2 Å². The van der Waals surface area contributed by atoms with Gasteiger partial charge in [-0.25, -0.2) is 0 Å². The fourth-order valence-electron chi connectivity index (χ4n) is 2.17. The monoisotopic (exact) mass is 271 g/mol. The maximum atomic E-state index is 11.9. The van der Waals surface area contributed by atoms with Crippen molar-refractivity contribution in [3.8, 4) is 0 Å². The maximum Gasteiger partial charge on any atom is 0.256 e. The van der Waals surface area contributed by atoms with Gasteiger partial charge in [-0.15, -0.1) is 0 Å². The second kappa shape index (κ2) is 8.30. The summed E-state index contributed by atoms with van der Waals surface area (Å²) < 4.78 is 15.3. The van der Waals surface area contributed by atoms with Gasteiger partial charge in [0, 0.05) is 14.2 Å². The number of allylic oxidation sites excluding steroid dienone is 1. The van der Waals surface area contributed by atoms with Crippen molar-refractivity contribution < 1.29 is 19.0 Å². The van der Waals surface area contributed by atoms with Crippen LogP contribution in [0.3, 0.4) is 0 Å². The zero-order chi connectivity index (χ0) is 14.3. The second-order valence-electron chi connectivity index (χ2n) is 4.67. The Morgan fingerprint density at radius 1 is 1.26 bits per heavy atom. The lowest BCUT2D eigenvalue weighted by Gasteiger charge is -2.44. The smallest absolute Gasteiger partial charge is 0.256 e. The van der Waals surface area contributed by atoms with Gasteiger partial charge in [-0.05, 0) is 18.8 Å². The topological polar surface area (TPSA) is 48.0 Å². The number of ether oxygens (including phenoxy) is 3. The van der Waals surface area contributed by atoms with E-state index >= 15 is 0 Å². The Morgan fingerprint density at radius 3 is 2.47 bits per heavy atom. The Morgan fingerprint density at radius 2 is 1.95 bits per heavy atom. The minimum Gasteiger partial charge on any atom is -0.364 e. The van der Waals surface area contributed by atoms with Crippen LogP contribution in [-0.2, 0) is 19.0 Å². The van der Waals surface area contributed by atoms with Gasteiger partial charge in [0.2, 0.25) is 0 Å². The van der Waals surface area contributed by atoms with E-state index in [1.54, 1.807) is 19.1 Å². The average molecular weight is 271 g/mol. The van der Waals surface area contributed by atoms with Crippen LogP contribution in [0, 0.1) is 5.92 Å². The number of nitrogens with zero attached hydrogens (tertiary/aromatic N) is 1. The molecule has 0 bridgehead atoms. The van der Waals surface area contributed by atoms with Crippen LogP contribution in [0.4, 0.5) is 0 Å². The standard InChI is InChI=1S/C14H25NO4/c1-5-11(6-2)7-8-12-13(19-10-18-4)14(16)15(12)9-17-3/h7-8,11-13H,5-6,9-10H2,1-4H3/b8-7+/t12-,13+/m0/s1. The van der Waals surface area contributed by atoms with E-state index in [-0.39, 0.29) is 18.7 Å². The van der Waals surface area contributed by atoms with E-state index in [9.17, 15) is 4.79 Å². The third kappa shape index (κ3) is 4.03. The number of hydrogen-bond donors (Lipinski definition) is 0. The van der Waals surface area contributed by atoms with E-state index in [2.05, 4.69) is 26.0 Å². The summed E-state index contributed by atoms with van der Waals surface area (Å²) in [5.41, 5.74) is 0. The molecule has 1 saturated heterocycles. The van der Waals surface area contributed by atoms with Gasteiger partial charge in [-0.3, -0.25) is 4.79 Å². The van der Waals surface area contributed by atoms with Crippen LogP contribution in [0.5, 0.6) is 0 Å². The number of β-lactam (4-membered cyclic amide) rings is 1. The van der Waals surface area contributed by atoms with Gasteiger partial charge in [0.05, 0.1) is 6.04 Å². The highest BCUT2D eigenvalue weighted by molar-refractivity contribution is 5.89. The fraction of sp³-hybridized carbons (Fsp3) is 0.786. The molecule has 1 aliphatic rings. The number of amides is 1. The molecule has 1 fully saturated rings. The first-order valence-corrected chi connectivity index (χ1v) is 6.77. The Kier molecular flexibility index (Phi) is 7.05. The molecule has 5 heteroatoms. The number of rotatable bonds is 9. The first kappa shape index (κ1) is 16.1. The predicted octanol–water partition coefficient (Wildman–Crippen LogP) is 1.78. The molecule has 0 saturated carbocycles. The zero-order valence-corrected chi connectivity index (χ0v) is 12.3. The number of carbonyl (C=O) groups is 1. The van der Waals surface area contributed by atoms with Crippen LogP contribution >= 0.6 is 0 Å². The van der Waals surface area contributed by atoms with Crippen molar-refractivity contribution in [2.75, 3.05) is 27.7 Å². The molecule has 0 aromatic carbocycles. The molecule has 0 aliphatic carbocycles. The molecule has 1 aliphatic heterocycles. The van der Waals surface area contributed by atoms with E-state index < -0.39 is 6.10 Å². The summed E-state index contributed by atoms with van der Waals surface area (Å²) in [6.45, 7) is 4.75. The quantitative estimate of drug-likeness (QED) is 0.364. The molecule has 5 nitrogen and oxygen atoms in total. The summed E-state index contributed by atoms with van der Waals surface area (Å²) >= 11 is 0. The van der Waals surface area contributed by atoms with Crippen molar-refractivity contribution >= 4 is 5.91 Å². The van der Waals surface area contributed by atoms with Gasteiger partial charge in [-0.1, -0.05) is 26.0 Å². The van der Waals surface area contributed by atoms with Crippen molar-refractivity contribution in [2.45, 2.75) is 38.8 Å². The molecule has 0 aromatic rings. The molecule has 1 heterocycles. The van der Waals surface area contributed by atoms with Crippen molar-refractivity contribution in [3.05, 3.63) is 12.2 Å². The third-order valence-corrected chi connectivity index (χ3v) is 3.46. The molecular weight excluding hydrogens is 246 g/mol. The molecule has 1 rings (SSSR count). The number of carbonyl (C=O) groups excluding carboxylic acids is 1. The van der Waals surface area contributed by atoms with E-state index in [1.165, 1.54) is 0 Å². The average Bonchev–Trinajstić information content (AvgIpc) is 2.44. The van der Waals surface area contributed by atoms with Crippen molar-refractivity contribution in [2.24, 2.45) is 5.92 Å². The van der Waals surface area contributed by atoms with Crippen LogP contribution in [0.15, 0.2) is 12.2 Å². The van der Waals surface area contributed by atoms with Crippen LogP contribution in [0.2, 0.25) is 0 Å². The minimum absolute atomic E-state index is 0.0434. The van der Waals surface area contributed by atoms with Gasteiger partial charge in [0.1, 0.15) is 13.5 Å². The van der Waals surface area contributed by atoms with Crippen LogP contribution < -0.4 is 0 Å². The molecule has 0 spiro atoms. The third-order valence-electron chi connectivity index (χ3n) is 3.46. The Balaban J connectivity index is 2.64. The van der Waals surface area contributed by atoms with Crippen LogP contribution in [0.1, 0.15) is 26.7 Å². The van der Waals surface area contributed by atoms with Crippen LogP contribution in [-0.4, -0.2) is 50.7 Å². The fourth-order valence-corrected chi connectivity index (χ4v) is 2.17. The summed E-state index contributed by atoms with van der Waals surface area (Å²) in [5, 5.41) is 0. The highest BCUT2D eigenvalue weighted by Crippen LogP contribution is 2.25. The first-order chi connectivity index (χ1) is 9.19. The molecule has 2 atom stereocenters. The summed E-state index contributed by atoms with van der Waals surface area (Å²) in [6.07, 6.45) is 5.98. The van der Waals surface area contributed by atoms with Gasteiger partial charge >= 0.3 is 0 Å². The highest BCUT2D eigenvalue weighted by atomic mass is 16.7. The highest BCUT2D eigenvalue weighted by Gasteiger charge is 2.46. The number of methoxy groups -OCH3 is 2. The van der Waals surface area contributed by atoms with E-state index in [1.807, 2.05) is 0 Å². The van der Waals surface area contributed by atoms with E-state index in [0.717, 1.165) is 12.8 Å². The lowest BCUT2D eigenvalue weighted by Crippen LogP contribution is -2.65. The molecule has 0 unspecified atom stereocenters. The van der Waals surface area contributed by atoms with E-state index in [0.29, 0.717) is 12.6 Å². The predicted molar refractivity (Wildman–Crippen MR) is 72.5 cm³/mol. The zero-order valence-electron chi connectivity index (χ0n) is 12.3. The molecule has 0 N–H and O–H groups in total. The number of hydrogen-bond acceptors (Lipinski definition) is 4. The first-order valence-electron chi connectivity index (χ1n) is 6.77. The normalized spacial score (nSPS) is 23.4. The Hall–Kier alpha value is -0.910. The molecule has 19 heavy (non-hydrogen) atoms. The van der Waals surface area contributed by atoms with Crippen molar-refractivity contribution in [3.63, 3.8) is 0 Å². The SMILES string of the molecule is CCC(/C=C/[C@H]1[C@@H](OCOC)C(=O)N1COC)CC. The minimum atomic E-state index is -0.444. The molecule has 110 valence electrons. The Bertz CT molecular complexity index is 302. The second-order valence-corrected chi connectivity index (χ2v) is 4.67. The van der Waals surface area contributed by atoms with Gasteiger partial charge in [0.15, 0.2) is 6.10 Å². The largest absolute Gasteiger partial charge is 0.364 e.